The van der Waals surface area contributed by atoms with E-state index in [1.165, 1.54) is 10.8 Å². The van der Waals surface area contributed by atoms with Gasteiger partial charge in [0.1, 0.15) is 0 Å². The molecule has 2 heterocycles. The van der Waals surface area contributed by atoms with Crippen LogP contribution in [0.5, 0.6) is 0 Å². The minimum absolute atomic E-state index is 0.396. The zero-order valence-corrected chi connectivity index (χ0v) is 11.0. The molecule has 0 saturated heterocycles. The van der Waals surface area contributed by atoms with Crippen LogP contribution in [0, 0.1) is 19.3 Å². The molecule has 18 heavy (non-hydrogen) atoms. The van der Waals surface area contributed by atoms with Gasteiger partial charge in [-0.25, -0.2) is 4.79 Å². The molecular weight excluding hydrogens is 251 g/mol. The van der Waals surface area contributed by atoms with Gasteiger partial charge < -0.3 is 4.74 Å². The van der Waals surface area contributed by atoms with Gasteiger partial charge in [-0.05, 0) is 19.1 Å². The molecule has 1 aromatic heterocycles. The van der Waals surface area contributed by atoms with Crippen LogP contribution in [0.3, 0.4) is 0 Å². The molecule has 6 heteroatoms. The van der Waals surface area contributed by atoms with Crippen LogP contribution >= 0.6 is 9.24 Å². The van der Waals surface area contributed by atoms with Crippen molar-refractivity contribution < 1.29 is 4.74 Å². The molecule has 0 spiro atoms. The van der Waals surface area contributed by atoms with E-state index in [4.69, 9.17) is 11.2 Å². The molecule has 1 N–H and O–H groups in total. The van der Waals surface area contributed by atoms with Gasteiger partial charge in [-0.2, -0.15) is 0 Å². The highest BCUT2D eigenvalue weighted by atomic mass is 31.0. The van der Waals surface area contributed by atoms with Crippen molar-refractivity contribution in [3.63, 3.8) is 0 Å². The first-order valence-corrected chi connectivity index (χ1v) is 6.20. The third-order valence-electron chi connectivity index (χ3n) is 2.83. The van der Waals surface area contributed by atoms with E-state index >= 15 is 0 Å². The van der Waals surface area contributed by atoms with Crippen molar-refractivity contribution in [2.75, 3.05) is 6.16 Å². The van der Waals surface area contributed by atoms with Gasteiger partial charge in [0, 0.05) is 17.9 Å². The van der Waals surface area contributed by atoms with E-state index in [1.54, 1.807) is 19.1 Å². The smallest absolute Gasteiger partial charge is 0.330 e. The molecule has 94 valence electrons. The van der Waals surface area contributed by atoms with E-state index in [0.29, 0.717) is 11.7 Å². The fourth-order valence-corrected chi connectivity index (χ4v) is 2.06. The lowest BCUT2D eigenvalue weighted by Crippen LogP contribution is -2.35. The summed E-state index contributed by atoms with van der Waals surface area (Å²) in [5.41, 5.74) is -1.28. The highest BCUT2D eigenvalue weighted by Gasteiger charge is 2.33. The van der Waals surface area contributed by atoms with Gasteiger partial charge in [-0.15, -0.1) is 15.7 Å². The summed E-state index contributed by atoms with van der Waals surface area (Å²) in [6, 6.07) is 0. The molecule has 0 saturated carbocycles. The molecule has 0 bridgehead atoms. The lowest BCUT2D eigenvalue weighted by atomic mass is 10.1. The number of aromatic nitrogens is 2. The minimum atomic E-state index is -0.807. The Kier molecular flexibility index (Phi) is 3.25. The molecule has 3 atom stereocenters. The number of aryl methyl sites for hydroxylation is 1. The number of nitrogens with one attached hydrogen (secondary N) is 1. The lowest BCUT2D eigenvalue weighted by molar-refractivity contribution is -0.0110. The van der Waals surface area contributed by atoms with E-state index in [9.17, 15) is 9.59 Å². The number of nitrogens with zero attached hydrogens (tertiary/aromatic N) is 1. The summed E-state index contributed by atoms with van der Waals surface area (Å²) in [5, 5.41) is 0. The normalized spacial score (nSPS) is 26.2. The van der Waals surface area contributed by atoms with Crippen molar-refractivity contribution in [1.82, 2.24) is 9.55 Å². The maximum absolute atomic E-state index is 11.7. The van der Waals surface area contributed by atoms with E-state index < -0.39 is 23.1 Å². The predicted octanol–water partition coefficient (Wildman–Crippen LogP) is 0.177. The average Bonchev–Trinajstić information content (AvgIpc) is 2.79. The molecule has 1 unspecified atom stereocenters. The number of hydrogen-bond donors (Lipinski definition) is 1. The molecule has 1 aromatic rings. The zero-order valence-electron chi connectivity index (χ0n) is 9.84. The van der Waals surface area contributed by atoms with Crippen LogP contribution < -0.4 is 11.2 Å². The van der Waals surface area contributed by atoms with Crippen LogP contribution in [0.2, 0.25) is 0 Å². The summed E-state index contributed by atoms with van der Waals surface area (Å²) in [6.07, 6.45) is 10.3. The van der Waals surface area contributed by atoms with Gasteiger partial charge in [0.05, 0.1) is 0 Å². The number of ether oxygens (including phenoxy) is 1. The summed E-state index contributed by atoms with van der Waals surface area (Å²) in [7, 11) is 2.52. The van der Waals surface area contributed by atoms with Crippen LogP contribution in [0.4, 0.5) is 0 Å². The van der Waals surface area contributed by atoms with Gasteiger partial charge in [0.25, 0.3) is 5.56 Å². The number of terminal acetylenes is 1. The summed E-state index contributed by atoms with van der Waals surface area (Å²) in [4.78, 5) is 25.2. The fourth-order valence-electron chi connectivity index (χ4n) is 1.71. The Morgan fingerprint density at radius 3 is 2.94 bits per heavy atom. The molecule has 0 aliphatic carbocycles. The van der Waals surface area contributed by atoms with Crippen molar-refractivity contribution in [2.24, 2.45) is 0 Å². The van der Waals surface area contributed by atoms with E-state index in [0.717, 1.165) is 0 Å². The lowest BCUT2D eigenvalue weighted by Gasteiger charge is -2.22. The first-order chi connectivity index (χ1) is 8.51. The number of hydrogen-bond acceptors (Lipinski definition) is 3. The molecule has 1 aliphatic heterocycles. The Labute approximate surface area is 106 Å². The Hall–Kier alpha value is -1.63. The number of H-pyrrole nitrogens is 1. The predicted molar refractivity (Wildman–Crippen MR) is 71.5 cm³/mol. The molecule has 2 rings (SSSR count). The van der Waals surface area contributed by atoms with Crippen LogP contribution in [-0.2, 0) is 4.74 Å². The minimum Gasteiger partial charge on any atom is -0.331 e. The van der Waals surface area contributed by atoms with Crippen molar-refractivity contribution in [3.05, 3.63) is 44.8 Å². The highest BCUT2D eigenvalue weighted by Crippen LogP contribution is 2.29. The largest absolute Gasteiger partial charge is 0.331 e. The summed E-state index contributed by atoms with van der Waals surface area (Å²) in [6.45, 7) is 1.62. The van der Waals surface area contributed by atoms with Gasteiger partial charge in [0.15, 0.2) is 11.8 Å². The first kappa shape index (κ1) is 12.8. The van der Waals surface area contributed by atoms with Gasteiger partial charge in [-0.1, -0.05) is 5.92 Å². The number of aromatic amines is 1. The monoisotopic (exact) mass is 264 g/mol. The fraction of sp³-hybridized carbons (Fsp3) is 0.333. The Morgan fingerprint density at radius 2 is 2.39 bits per heavy atom. The maximum Gasteiger partial charge on any atom is 0.330 e. The summed E-state index contributed by atoms with van der Waals surface area (Å²) in [5.74, 6) is 2.56. The summed E-state index contributed by atoms with van der Waals surface area (Å²) >= 11 is 0. The van der Waals surface area contributed by atoms with Gasteiger partial charge >= 0.3 is 5.69 Å². The zero-order chi connectivity index (χ0) is 13.3. The quantitative estimate of drug-likeness (QED) is 0.471. The molecule has 0 fully saturated rings. The second kappa shape index (κ2) is 4.56. The van der Waals surface area contributed by atoms with E-state index in [-0.39, 0.29) is 0 Å². The maximum atomic E-state index is 11.7. The Balaban J connectivity index is 2.41. The average molecular weight is 264 g/mol. The molecular formula is C12H13N2O3P. The highest BCUT2D eigenvalue weighted by molar-refractivity contribution is 7.16. The second-order valence-electron chi connectivity index (χ2n) is 4.08. The number of rotatable bonds is 2. The molecule has 0 radical (unpaired) electrons. The third kappa shape index (κ3) is 2.05. The van der Waals surface area contributed by atoms with Crippen molar-refractivity contribution in [1.29, 1.82) is 0 Å². The molecule has 0 amide bonds. The third-order valence-corrected chi connectivity index (χ3v) is 3.44. The van der Waals surface area contributed by atoms with Crippen LogP contribution in [0.25, 0.3) is 0 Å². The standard InChI is InChI=1S/C12H13N2O3P/c1-3-12(7-18)5-4-9(17-12)14-6-8(2)10(15)13-11(14)16/h1,4-6,9H,7,18H2,2H3,(H,13,15,16)/t9-,12+/m1/s1. The molecule has 5 nitrogen and oxygen atoms in total. The van der Waals surface area contributed by atoms with E-state index in [2.05, 4.69) is 20.1 Å². The van der Waals surface area contributed by atoms with Gasteiger partial charge in [-0.3, -0.25) is 14.3 Å². The molecule has 1 aliphatic rings. The Morgan fingerprint density at radius 1 is 1.67 bits per heavy atom. The molecule has 0 aromatic carbocycles. The van der Waals surface area contributed by atoms with Crippen LogP contribution in [0.15, 0.2) is 27.9 Å². The topological polar surface area (TPSA) is 64.1 Å². The van der Waals surface area contributed by atoms with Crippen molar-refractivity contribution >= 4 is 9.24 Å². The summed E-state index contributed by atoms with van der Waals surface area (Å²) < 4.78 is 6.99. The van der Waals surface area contributed by atoms with E-state index in [1.807, 2.05) is 0 Å². The SMILES string of the molecule is C#C[C@@]1(CP)C=C[C@H](n2cc(C)c(=O)[nH]c2=O)O1. The first-order valence-electron chi connectivity index (χ1n) is 5.38. The van der Waals surface area contributed by atoms with Gasteiger partial charge in [0.2, 0.25) is 0 Å². The van der Waals surface area contributed by atoms with Crippen molar-refractivity contribution in [3.8, 4) is 12.3 Å². The van der Waals surface area contributed by atoms with Crippen LogP contribution in [-0.4, -0.2) is 21.3 Å². The van der Waals surface area contributed by atoms with Crippen molar-refractivity contribution in [2.45, 2.75) is 18.8 Å². The Bertz CT molecular complexity index is 653. The van der Waals surface area contributed by atoms with Crippen LogP contribution in [0.1, 0.15) is 11.8 Å². The second-order valence-corrected chi connectivity index (χ2v) is 4.49.